The summed E-state index contributed by atoms with van der Waals surface area (Å²) in [4.78, 5) is 22.2. The fourth-order valence-electron chi connectivity index (χ4n) is 2.48. The average Bonchev–Trinajstić information content (AvgIpc) is 3.17. The van der Waals surface area contributed by atoms with Crippen LogP contribution in [0.15, 0.2) is 71.8 Å². The number of benzene rings is 2. The number of nitrogens with zero attached hydrogens (tertiary/aromatic N) is 2. The standard InChI is InChI=1S/C18H13ClN2O6S/c19-14-8-9-15(21(23)24)17(11-14)28(25,26)20-10-4-7-16(20)18(22)27-12-13-5-2-1-3-6-13/h1-11H,12H2. The van der Waals surface area contributed by atoms with Gasteiger partial charge in [-0.3, -0.25) is 10.1 Å². The van der Waals surface area contributed by atoms with E-state index in [9.17, 15) is 23.3 Å². The first-order chi connectivity index (χ1) is 13.3. The van der Waals surface area contributed by atoms with Gasteiger partial charge in [-0.2, -0.15) is 0 Å². The molecule has 0 fully saturated rings. The topological polar surface area (TPSA) is 109 Å². The molecule has 0 amide bonds. The Morgan fingerprint density at radius 3 is 2.50 bits per heavy atom. The monoisotopic (exact) mass is 420 g/mol. The van der Waals surface area contributed by atoms with Gasteiger partial charge >= 0.3 is 5.97 Å². The minimum Gasteiger partial charge on any atom is -0.456 e. The van der Waals surface area contributed by atoms with Gasteiger partial charge in [0.25, 0.3) is 15.7 Å². The van der Waals surface area contributed by atoms with Crippen molar-refractivity contribution in [2.24, 2.45) is 0 Å². The summed E-state index contributed by atoms with van der Waals surface area (Å²) in [7, 11) is -4.46. The van der Waals surface area contributed by atoms with Crippen LogP contribution in [0, 0.1) is 10.1 Å². The quantitative estimate of drug-likeness (QED) is 0.342. The van der Waals surface area contributed by atoms with Crippen molar-refractivity contribution in [3.63, 3.8) is 0 Å². The smallest absolute Gasteiger partial charge is 0.356 e. The predicted octanol–water partition coefficient (Wildman–Crippen LogP) is 3.64. The summed E-state index contributed by atoms with van der Waals surface area (Å²) in [5.74, 6) is -0.887. The van der Waals surface area contributed by atoms with E-state index >= 15 is 0 Å². The van der Waals surface area contributed by atoms with E-state index in [0.717, 1.165) is 23.9 Å². The van der Waals surface area contributed by atoms with Gasteiger partial charge in [0.2, 0.25) is 0 Å². The average molecular weight is 421 g/mol. The second-order valence-corrected chi connectivity index (χ2v) is 7.84. The summed E-state index contributed by atoms with van der Waals surface area (Å²) < 4.78 is 31.7. The highest BCUT2D eigenvalue weighted by atomic mass is 35.5. The second kappa shape index (κ2) is 7.83. The molecule has 0 bridgehead atoms. The first kappa shape index (κ1) is 19.6. The molecular formula is C18H13ClN2O6S. The van der Waals surface area contributed by atoms with Gasteiger partial charge in [-0.05, 0) is 29.8 Å². The molecule has 0 N–H and O–H groups in total. The Morgan fingerprint density at radius 2 is 1.82 bits per heavy atom. The van der Waals surface area contributed by atoms with E-state index in [-0.39, 0.29) is 17.3 Å². The highest BCUT2D eigenvalue weighted by Crippen LogP contribution is 2.29. The number of hydrogen-bond acceptors (Lipinski definition) is 6. The third-order valence-corrected chi connectivity index (χ3v) is 5.74. The molecule has 0 saturated carbocycles. The summed E-state index contributed by atoms with van der Waals surface area (Å²) >= 11 is 5.82. The number of halogens is 1. The van der Waals surface area contributed by atoms with Crippen LogP contribution in [0.2, 0.25) is 5.02 Å². The Morgan fingerprint density at radius 1 is 1.11 bits per heavy atom. The van der Waals surface area contributed by atoms with Crippen molar-refractivity contribution in [2.45, 2.75) is 11.5 Å². The third-order valence-electron chi connectivity index (χ3n) is 3.79. The Balaban J connectivity index is 1.96. The molecule has 0 atom stereocenters. The van der Waals surface area contributed by atoms with Gasteiger partial charge in [-0.15, -0.1) is 0 Å². The number of hydrogen-bond donors (Lipinski definition) is 0. The van der Waals surface area contributed by atoms with E-state index in [1.165, 1.54) is 18.2 Å². The molecule has 144 valence electrons. The summed E-state index contributed by atoms with van der Waals surface area (Å²) in [6.45, 7) is -0.0534. The minimum absolute atomic E-state index is 0.00420. The SMILES string of the molecule is O=C(OCc1ccccc1)c1cccn1S(=O)(=O)c1cc(Cl)ccc1[N+](=O)[O-]. The molecule has 0 spiro atoms. The van der Waals surface area contributed by atoms with Crippen LogP contribution in [0.3, 0.4) is 0 Å². The minimum atomic E-state index is -4.46. The fourth-order valence-corrected chi connectivity index (χ4v) is 4.24. The van der Waals surface area contributed by atoms with Crippen molar-refractivity contribution in [1.29, 1.82) is 0 Å². The first-order valence-electron chi connectivity index (χ1n) is 7.88. The molecule has 0 radical (unpaired) electrons. The van der Waals surface area contributed by atoms with Gasteiger partial charge in [-0.1, -0.05) is 41.9 Å². The molecule has 2 aromatic carbocycles. The molecule has 10 heteroatoms. The Hall–Kier alpha value is -3.17. The Bertz CT molecular complexity index is 1140. The summed E-state index contributed by atoms with van der Waals surface area (Å²) in [5.41, 5.74) is -0.214. The van der Waals surface area contributed by atoms with Crippen molar-refractivity contribution in [3.8, 4) is 0 Å². The lowest BCUT2D eigenvalue weighted by molar-refractivity contribution is -0.387. The van der Waals surface area contributed by atoms with Crippen molar-refractivity contribution < 1.29 is 22.9 Å². The van der Waals surface area contributed by atoms with Crippen molar-refractivity contribution >= 4 is 33.3 Å². The molecular weight excluding hydrogens is 408 g/mol. The van der Waals surface area contributed by atoms with Crippen LogP contribution in [0.25, 0.3) is 0 Å². The van der Waals surface area contributed by atoms with Crippen LogP contribution in [0.5, 0.6) is 0 Å². The normalized spacial score (nSPS) is 11.2. The van der Waals surface area contributed by atoms with Gasteiger partial charge in [0.05, 0.1) is 4.92 Å². The zero-order chi connectivity index (χ0) is 20.3. The summed E-state index contributed by atoms with van der Waals surface area (Å²) in [6.07, 6.45) is 1.11. The molecule has 0 saturated heterocycles. The molecule has 28 heavy (non-hydrogen) atoms. The lowest BCUT2D eigenvalue weighted by Gasteiger charge is -2.11. The number of aromatic nitrogens is 1. The molecule has 0 aliphatic carbocycles. The summed E-state index contributed by atoms with van der Waals surface area (Å²) in [6, 6.07) is 14.6. The van der Waals surface area contributed by atoms with E-state index in [2.05, 4.69) is 0 Å². The number of nitro benzene ring substituents is 1. The van der Waals surface area contributed by atoms with Crippen LogP contribution in [-0.2, 0) is 21.4 Å². The largest absolute Gasteiger partial charge is 0.456 e. The molecule has 0 aliphatic heterocycles. The molecule has 8 nitrogen and oxygen atoms in total. The number of rotatable bonds is 6. The van der Waals surface area contributed by atoms with Crippen LogP contribution in [0.4, 0.5) is 5.69 Å². The second-order valence-electron chi connectivity index (χ2n) is 5.63. The molecule has 1 aromatic heterocycles. The fraction of sp³-hybridized carbons (Fsp3) is 0.0556. The lowest BCUT2D eigenvalue weighted by Crippen LogP contribution is -2.20. The van der Waals surface area contributed by atoms with Gasteiger partial charge in [-0.25, -0.2) is 17.2 Å². The van der Waals surface area contributed by atoms with Crippen molar-refractivity contribution in [2.75, 3.05) is 0 Å². The van der Waals surface area contributed by atoms with Gasteiger partial charge < -0.3 is 4.74 Å². The van der Waals surface area contributed by atoms with Gasteiger partial charge in [0.15, 0.2) is 4.90 Å². The lowest BCUT2D eigenvalue weighted by atomic mass is 10.2. The molecule has 3 rings (SSSR count). The van der Waals surface area contributed by atoms with Crippen molar-refractivity contribution in [3.05, 3.63) is 93.3 Å². The number of ether oxygens (including phenoxy) is 1. The predicted molar refractivity (Wildman–Crippen MR) is 101 cm³/mol. The highest BCUT2D eigenvalue weighted by molar-refractivity contribution is 7.90. The number of carbonyl (C=O) groups excluding carboxylic acids is 1. The molecule has 0 unspecified atom stereocenters. The third kappa shape index (κ3) is 3.90. The van der Waals surface area contributed by atoms with Crippen LogP contribution in [0.1, 0.15) is 16.1 Å². The Labute approximate surface area is 165 Å². The van der Waals surface area contributed by atoms with E-state index < -0.39 is 31.5 Å². The van der Waals surface area contributed by atoms with E-state index in [0.29, 0.717) is 3.97 Å². The molecule has 1 heterocycles. The highest BCUT2D eigenvalue weighted by Gasteiger charge is 2.30. The van der Waals surface area contributed by atoms with Gasteiger partial charge in [0.1, 0.15) is 12.3 Å². The van der Waals surface area contributed by atoms with Gasteiger partial charge in [0, 0.05) is 17.3 Å². The van der Waals surface area contributed by atoms with E-state index in [1.54, 1.807) is 30.3 Å². The first-order valence-corrected chi connectivity index (χ1v) is 9.70. The van der Waals surface area contributed by atoms with Crippen molar-refractivity contribution in [1.82, 2.24) is 3.97 Å². The summed E-state index contributed by atoms with van der Waals surface area (Å²) in [5, 5.41) is 11.2. The number of carbonyl (C=O) groups is 1. The zero-order valence-corrected chi connectivity index (χ0v) is 15.8. The number of nitro groups is 1. The molecule has 0 aliphatic rings. The van der Waals surface area contributed by atoms with Crippen LogP contribution in [-0.4, -0.2) is 23.3 Å². The van der Waals surface area contributed by atoms with E-state index in [1.807, 2.05) is 0 Å². The maximum atomic E-state index is 13.0. The zero-order valence-electron chi connectivity index (χ0n) is 14.2. The van der Waals surface area contributed by atoms with Crippen LogP contribution >= 0.6 is 11.6 Å². The molecule has 3 aromatic rings. The maximum absolute atomic E-state index is 13.0. The number of esters is 1. The Kier molecular flexibility index (Phi) is 5.48. The maximum Gasteiger partial charge on any atom is 0.356 e. The van der Waals surface area contributed by atoms with E-state index in [4.69, 9.17) is 16.3 Å². The van der Waals surface area contributed by atoms with Crippen LogP contribution < -0.4 is 0 Å².